The van der Waals surface area contributed by atoms with Crippen molar-refractivity contribution >= 4 is 33.0 Å². The molecule has 0 aliphatic rings. The molecule has 22 heavy (non-hydrogen) atoms. The average molecular weight is 338 g/mol. The Morgan fingerprint density at radius 3 is 2.59 bits per heavy atom. The number of nitrogens with one attached hydrogen (secondary N) is 1. The third-order valence-corrected chi connectivity index (χ3v) is 6.37. The second kappa shape index (κ2) is 7.04. The summed E-state index contributed by atoms with van der Waals surface area (Å²) in [5.74, 6) is -0.358. The standard InChI is InChI=1S/C15H18N2O3S2/c1-3-12-7-4-5-8-13(12)16-14(18)11-17(2)22(19,20)15-9-6-10-21-15/h4-10H,3,11H2,1-2H3,(H,16,18). The van der Waals surface area contributed by atoms with Gasteiger partial charge in [0.15, 0.2) is 0 Å². The third kappa shape index (κ3) is 3.73. The number of nitrogens with zero attached hydrogens (tertiary/aromatic N) is 1. The van der Waals surface area contributed by atoms with Gasteiger partial charge in [-0.2, -0.15) is 4.31 Å². The van der Waals surface area contributed by atoms with E-state index < -0.39 is 10.0 Å². The Balaban J connectivity index is 2.06. The third-order valence-electron chi connectivity index (χ3n) is 3.20. The molecule has 0 fully saturated rings. The van der Waals surface area contributed by atoms with Crippen LogP contribution in [0.2, 0.25) is 0 Å². The van der Waals surface area contributed by atoms with Gasteiger partial charge in [-0.3, -0.25) is 4.79 Å². The highest BCUT2D eigenvalue weighted by molar-refractivity contribution is 7.91. The molecule has 118 valence electrons. The van der Waals surface area contributed by atoms with E-state index in [9.17, 15) is 13.2 Å². The highest BCUT2D eigenvalue weighted by atomic mass is 32.2. The first-order chi connectivity index (χ1) is 10.4. The van der Waals surface area contributed by atoms with Crippen LogP contribution in [0.3, 0.4) is 0 Å². The first kappa shape index (κ1) is 16.7. The molecule has 2 aromatic rings. The van der Waals surface area contributed by atoms with Crippen LogP contribution in [0.25, 0.3) is 0 Å². The molecule has 1 N–H and O–H groups in total. The molecule has 0 saturated carbocycles. The molecule has 1 amide bonds. The fourth-order valence-corrected chi connectivity index (χ4v) is 4.32. The van der Waals surface area contributed by atoms with Crippen molar-refractivity contribution in [2.45, 2.75) is 17.6 Å². The molecule has 0 unspecified atom stereocenters. The van der Waals surface area contributed by atoms with Gasteiger partial charge in [0.05, 0.1) is 6.54 Å². The SMILES string of the molecule is CCc1ccccc1NC(=O)CN(C)S(=O)(=O)c1cccs1. The lowest BCUT2D eigenvalue weighted by Crippen LogP contribution is -2.34. The van der Waals surface area contributed by atoms with Crippen LogP contribution in [0, 0.1) is 0 Å². The molecule has 1 aromatic carbocycles. The Labute approximate surface area is 134 Å². The van der Waals surface area contributed by atoms with Crippen molar-refractivity contribution in [2.75, 3.05) is 18.9 Å². The molecule has 0 aliphatic carbocycles. The van der Waals surface area contributed by atoms with E-state index in [1.54, 1.807) is 11.4 Å². The lowest BCUT2D eigenvalue weighted by atomic mass is 10.1. The van der Waals surface area contributed by atoms with E-state index in [1.165, 1.54) is 13.1 Å². The van der Waals surface area contributed by atoms with E-state index in [0.717, 1.165) is 33.3 Å². The lowest BCUT2D eigenvalue weighted by molar-refractivity contribution is -0.116. The van der Waals surface area contributed by atoms with Crippen LogP contribution in [0.5, 0.6) is 0 Å². The molecule has 0 aliphatic heterocycles. The fourth-order valence-electron chi connectivity index (χ4n) is 1.99. The highest BCUT2D eigenvalue weighted by Crippen LogP contribution is 2.20. The summed E-state index contributed by atoms with van der Waals surface area (Å²) in [4.78, 5) is 12.1. The maximum Gasteiger partial charge on any atom is 0.252 e. The molecule has 0 saturated heterocycles. The second-order valence-corrected chi connectivity index (χ2v) is 7.97. The van der Waals surface area contributed by atoms with E-state index in [-0.39, 0.29) is 16.7 Å². The van der Waals surface area contributed by atoms with Gasteiger partial charge < -0.3 is 5.32 Å². The minimum Gasteiger partial charge on any atom is -0.325 e. The summed E-state index contributed by atoms with van der Waals surface area (Å²) in [6, 6.07) is 10.7. The molecule has 1 heterocycles. The number of amides is 1. The summed E-state index contributed by atoms with van der Waals surface area (Å²) in [5.41, 5.74) is 1.73. The number of likely N-dealkylation sites (N-methyl/N-ethyl adjacent to an activating group) is 1. The van der Waals surface area contributed by atoms with Gasteiger partial charge in [0, 0.05) is 12.7 Å². The molecule has 5 nitrogen and oxygen atoms in total. The molecule has 0 spiro atoms. The van der Waals surface area contributed by atoms with Gasteiger partial charge in [-0.1, -0.05) is 31.2 Å². The smallest absolute Gasteiger partial charge is 0.252 e. The van der Waals surface area contributed by atoms with Crippen LogP contribution < -0.4 is 5.32 Å². The summed E-state index contributed by atoms with van der Waals surface area (Å²) < 4.78 is 25.8. The Morgan fingerprint density at radius 1 is 1.23 bits per heavy atom. The van der Waals surface area contributed by atoms with Crippen molar-refractivity contribution in [3.63, 3.8) is 0 Å². The molecular formula is C15H18N2O3S2. The molecule has 1 aromatic heterocycles. The largest absolute Gasteiger partial charge is 0.325 e. The van der Waals surface area contributed by atoms with Gasteiger partial charge in [-0.15, -0.1) is 11.3 Å². The van der Waals surface area contributed by atoms with E-state index in [2.05, 4.69) is 5.32 Å². The predicted octanol–water partition coefficient (Wildman–Crippen LogP) is 2.57. The van der Waals surface area contributed by atoms with Gasteiger partial charge in [0.1, 0.15) is 4.21 Å². The number of thiophene rings is 1. The quantitative estimate of drug-likeness (QED) is 0.880. The molecule has 0 atom stereocenters. The van der Waals surface area contributed by atoms with Crippen molar-refractivity contribution in [1.82, 2.24) is 4.31 Å². The number of hydrogen-bond donors (Lipinski definition) is 1. The zero-order chi connectivity index (χ0) is 16.2. The molecular weight excluding hydrogens is 320 g/mol. The Morgan fingerprint density at radius 2 is 1.95 bits per heavy atom. The van der Waals surface area contributed by atoms with Gasteiger partial charge >= 0.3 is 0 Å². The van der Waals surface area contributed by atoms with Crippen LogP contribution in [0.4, 0.5) is 5.69 Å². The summed E-state index contributed by atoms with van der Waals surface area (Å²) in [6.45, 7) is 1.77. The molecule has 0 bridgehead atoms. The highest BCUT2D eigenvalue weighted by Gasteiger charge is 2.23. The Hall–Kier alpha value is -1.70. The van der Waals surface area contributed by atoms with E-state index in [0.29, 0.717) is 0 Å². The number of para-hydroxylation sites is 1. The monoisotopic (exact) mass is 338 g/mol. The van der Waals surface area contributed by atoms with Crippen LogP contribution in [-0.4, -0.2) is 32.2 Å². The summed E-state index contributed by atoms with van der Waals surface area (Å²) in [6.07, 6.45) is 0.791. The summed E-state index contributed by atoms with van der Waals surface area (Å²) in [7, 11) is -2.20. The summed E-state index contributed by atoms with van der Waals surface area (Å²) >= 11 is 1.13. The van der Waals surface area contributed by atoms with E-state index in [1.807, 2.05) is 31.2 Å². The number of hydrogen-bond acceptors (Lipinski definition) is 4. The van der Waals surface area contributed by atoms with Crippen molar-refractivity contribution < 1.29 is 13.2 Å². The number of benzene rings is 1. The second-order valence-electron chi connectivity index (χ2n) is 4.75. The van der Waals surface area contributed by atoms with Crippen molar-refractivity contribution in [2.24, 2.45) is 0 Å². The topological polar surface area (TPSA) is 66.5 Å². The number of carbonyl (C=O) groups is 1. The van der Waals surface area contributed by atoms with Crippen LogP contribution in [0.1, 0.15) is 12.5 Å². The number of aryl methyl sites for hydroxylation is 1. The Bertz CT molecular complexity index is 740. The van der Waals surface area contributed by atoms with Gasteiger partial charge in [-0.25, -0.2) is 8.42 Å². The Kier molecular flexibility index (Phi) is 5.33. The minimum absolute atomic E-state index is 0.224. The first-order valence-corrected chi connectivity index (χ1v) is 9.14. The maximum atomic E-state index is 12.3. The van der Waals surface area contributed by atoms with Gasteiger partial charge in [-0.05, 0) is 29.5 Å². The van der Waals surface area contributed by atoms with E-state index >= 15 is 0 Å². The number of carbonyl (C=O) groups excluding carboxylic acids is 1. The zero-order valence-corrected chi connectivity index (χ0v) is 14.1. The average Bonchev–Trinajstić information content (AvgIpc) is 3.02. The van der Waals surface area contributed by atoms with Crippen molar-refractivity contribution in [3.05, 3.63) is 47.3 Å². The number of anilines is 1. The van der Waals surface area contributed by atoms with Gasteiger partial charge in [0.2, 0.25) is 5.91 Å². The van der Waals surface area contributed by atoms with Crippen molar-refractivity contribution in [3.8, 4) is 0 Å². The normalized spacial score (nSPS) is 11.6. The molecule has 2 rings (SSSR count). The number of sulfonamides is 1. The van der Waals surface area contributed by atoms with Gasteiger partial charge in [0.25, 0.3) is 10.0 Å². The minimum atomic E-state index is -3.61. The van der Waals surface area contributed by atoms with E-state index in [4.69, 9.17) is 0 Å². The van der Waals surface area contributed by atoms with Crippen molar-refractivity contribution in [1.29, 1.82) is 0 Å². The maximum absolute atomic E-state index is 12.3. The molecule has 0 radical (unpaired) electrons. The number of rotatable bonds is 6. The lowest BCUT2D eigenvalue weighted by Gasteiger charge is -2.16. The first-order valence-electron chi connectivity index (χ1n) is 6.82. The van der Waals surface area contributed by atoms with Crippen LogP contribution in [-0.2, 0) is 21.2 Å². The van der Waals surface area contributed by atoms with Crippen LogP contribution >= 0.6 is 11.3 Å². The summed E-state index contributed by atoms with van der Waals surface area (Å²) in [5, 5.41) is 4.46. The van der Waals surface area contributed by atoms with Crippen LogP contribution in [0.15, 0.2) is 46.0 Å². The fraction of sp³-hybridized carbons (Fsp3) is 0.267. The molecule has 7 heteroatoms. The zero-order valence-electron chi connectivity index (χ0n) is 12.4. The predicted molar refractivity (Wildman–Crippen MR) is 88.6 cm³/mol.